The molecule has 0 saturated carbocycles. The SMILES string of the molecule is CC(OCCNc1cc(F)cc(F)c1)/C(N)=N/O. The van der Waals surface area contributed by atoms with Crippen LogP contribution in [0.3, 0.4) is 0 Å². The van der Waals surface area contributed by atoms with Crippen molar-refractivity contribution in [3.63, 3.8) is 0 Å². The van der Waals surface area contributed by atoms with Crippen LogP contribution >= 0.6 is 0 Å². The van der Waals surface area contributed by atoms with E-state index in [0.717, 1.165) is 6.07 Å². The zero-order valence-corrected chi connectivity index (χ0v) is 9.86. The fourth-order valence-corrected chi connectivity index (χ4v) is 1.25. The van der Waals surface area contributed by atoms with E-state index in [-0.39, 0.29) is 12.4 Å². The molecule has 0 aliphatic heterocycles. The van der Waals surface area contributed by atoms with Crippen molar-refractivity contribution < 1.29 is 18.7 Å². The molecule has 0 aliphatic rings. The minimum Gasteiger partial charge on any atom is -0.409 e. The Kier molecular flexibility index (Phi) is 5.31. The molecule has 0 aromatic heterocycles. The fourth-order valence-electron chi connectivity index (χ4n) is 1.25. The molecule has 0 amide bonds. The average Bonchev–Trinajstić information content (AvgIpc) is 2.32. The number of nitrogens with zero attached hydrogens (tertiary/aromatic N) is 1. The molecule has 0 aliphatic carbocycles. The fraction of sp³-hybridized carbons (Fsp3) is 0.364. The molecule has 1 rings (SSSR count). The zero-order valence-electron chi connectivity index (χ0n) is 9.86. The minimum atomic E-state index is -0.650. The first kappa shape index (κ1) is 14.2. The van der Waals surface area contributed by atoms with Crippen molar-refractivity contribution in [2.75, 3.05) is 18.5 Å². The third-order valence-electron chi connectivity index (χ3n) is 2.19. The number of oxime groups is 1. The smallest absolute Gasteiger partial charge is 0.168 e. The van der Waals surface area contributed by atoms with E-state index in [9.17, 15) is 8.78 Å². The van der Waals surface area contributed by atoms with Gasteiger partial charge in [0, 0.05) is 18.3 Å². The molecule has 1 aromatic carbocycles. The van der Waals surface area contributed by atoms with E-state index in [1.165, 1.54) is 12.1 Å². The van der Waals surface area contributed by atoms with E-state index in [0.29, 0.717) is 12.2 Å². The van der Waals surface area contributed by atoms with E-state index < -0.39 is 17.7 Å². The molecule has 5 nitrogen and oxygen atoms in total. The van der Waals surface area contributed by atoms with Gasteiger partial charge in [-0.1, -0.05) is 5.16 Å². The number of amidine groups is 1. The van der Waals surface area contributed by atoms with Crippen LogP contribution in [0.2, 0.25) is 0 Å². The monoisotopic (exact) mass is 259 g/mol. The number of rotatable bonds is 6. The molecular weight excluding hydrogens is 244 g/mol. The minimum absolute atomic E-state index is 0.0354. The highest BCUT2D eigenvalue weighted by Gasteiger charge is 2.07. The van der Waals surface area contributed by atoms with Crippen molar-refractivity contribution in [3.8, 4) is 0 Å². The quantitative estimate of drug-likeness (QED) is 0.238. The summed E-state index contributed by atoms with van der Waals surface area (Å²) in [6.45, 7) is 2.21. The summed E-state index contributed by atoms with van der Waals surface area (Å²) >= 11 is 0. The Bertz CT molecular complexity index is 406. The van der Waals surface area contributed by atoms with Crippen molar-refractivity contribution in [3.05, 3.63) is 29.8 Å². The van der Waals surface area contributed by atoms with Gasteiger partial charge in [-0.3, -0.25) is 0 Å². The van der Waals surface area contributed by atoms with E-state index in [1.54, 1.807) is 6.92 Å². The summed E-state index contributed by atoms with van der Waals surface area (Å²) in [6.07, 6.45) is -0.527. The van der Waals surface area contributed by atoms with Crippen molar-refractivity contribution in [1.82, 2.24) is 0 Å². The highest BCUT2D eigenvalue weighted by atomic mass is 19.1. The number of hydrogen-bond donors (Lipinski definition) is 3. The van der Waals surface area contributed by atoms with Crippen LogP contribution in [0.5, 0.6) is 0 Å². The highest BCUT2D eigenvalue weighted by molar-refractivity contribution is 5.83. The summed E-state index contributed by atoms with van der Waals surface area (Å²) in [4.78, 5) is 0. The van der Waals surface area contributed by atoms with Crippen LogP contribution in [0.15, 0.2) is 23.4 Å². The number of benzene rings is 1. The molecule has 0 heterocycles. The lowest BCUT2D eigenvalue weighted by molar-refractivity contribution is 0.115. The molecule has 0 spiro atoms. The maximum atomic E-state index is 12.8. The van der Waals surface area contributed by atoms with E-state index >= 15 is 0 Å². The molecule has 0 radical (unpaired) electrons. The van der Waals surface area contributed by atoms with Crippen molar-refractivity contribution in [1.29, 1.82) is 0 Å². The number of ether oxygens (including phenoxy) is 1. The van der Waals surface area contributed by atoms with Crippen LogP contribution in [0, 0.1) is 11.6 Å². The molecule has 18 heavy (non-hydrogen) atoms. The Morgan fingerprint density at radius 3 is 2.61 bits per heavy atom. The third kappa shape index (κ3) is 4.54. The zero-order chi connectivity index (χ0) is 13.5. The maximum Gasteiger partial charge on any atom is 0.168 e. The average molecular weight is 259 g/mol. The first-order valence-electron chi connectivity index (χ1n) is 5.32. The molecule has 0 saturated heterocycles. The molecular formula is C11H15F2N3O2. The predicted octanol–water partition coefficient (Wildman–Crippen LogP) is 1.53. The summed E-state index contributed by atoms with van der Waals surface area (Å²) < 4.78 is 30.9. The topological polar surface area (TPSA) is 79.9 Å². The van der Waals surface area contributed by atoms with Gasteiger partial charge in [-0.05, 0) is 19.1 Å². The summed E-state index contributed by atoms with van der Waals surface area (Å²) in [5, 5.41) is 14.0. The van der Waals surface area contributed by atoms with Gasteiger partial charge in [-0.25, -0.2) is 8.78 Å². The van der Waals surface area contributed by atoms with Crippen LogP contribution in [0.25, 0.3) is 0 Å². The van der Waals surface area contributed by atoms with E-state index in [2.05, 4.69) is 10.5 Å². The van der Waals surface area contributed by atoms with Crippen LogP contribution in [-0.2, 0) is 4.74 Å². The summed E-state index contributed by atoms with van der Waals surface area (Å²) in [5.41, 5.74) is 5.63. The number of nitrogens with one attached hydrogen (secondary N) is 1. The Labute approximate surface area is 103 Å². The van der Waals surface area contributed by atoms with Crippen LogP contribution in [0.1, 0.15) is 6.92 Å². The van der Waals surface area contributed by atoms with E-state index in [1.807, 2.05) is 0 Å². The van der Waals surface area contributed by atoms with Gasteiger partial charge < -0.3 is 21.0 Å². The Morgan fingerprint density at radius 2 is 2.06 bits per heavy atom. The van der Waals surface area contributed by atoms with E-state index in [4.69, 9.17) is 15.7 Å². The van der Waals surface area contributed by atoms with Crippen molar-refractivity contribution >= 4 is 11.5 Å². The van der Waals surface area contributed by atoms with Crippen LogP contribution < -0.4 is 11.1 Å². The Hall–Kier alpha value is -1.89. The van der Waals surface area contributed by atoms with Gasteiger partial charge in [0.1, 0.15) is 17.7 Å². The second-order valence-corrected chi connectivity index (χ2v) is 3.62. The first-order chi connectivity index (χ1) is 8.52. The summed E-state index contributed by atoms with van der Waals surface area (Å²) in [6, 6.07) is 3.15. The van der Waals surface area contributed by atoms with Gasteiger partial charge in [-0.2, -0.15) is 0 Å². The number of anilines is 1. The Morgan fingerprint density at radius 1 is 1.44 bits per heavy atom. The molecule has 4 N–H and O–H groups in total. The van der Waals surface area contributed by atoms with Gasteiger partial charge >= 0.3 is 0 Å². The predicted molar refractivity (Wildman–Crippen MR) is 63.7 cm³/mol. The molecule has 100 valence electrons. The summed E-state index contributed by atoms with van der Waals surface area (Å²) in [7, 11) is 0. The van der Waals surface area contributed by atoms with Gasteiger partial charge in [0.25, 0.3) is 0 Å². The lowest BCUT2D eigenvalue weighted by Gasteiger charge is -2.12. The second kappa shape index (κ2) is 6.75. The molecule has 1 unspecified atom stereocenters. The lowest BCUT2D eigenvalue weighted by Crippen LogP contribution is -2.30. The lowest BCUT2D eigenvalue weighted by atomic mass is 10.3. The van der Waals surface area contributed by atoms with Crippen molar-refractivity contribution in [2.45, 2.75) is 13.0 Å². The van der Waals surface area contributed by atoms with Gasteiger partial charge in [0.05, 0.1) is 6.61 Å². The molecule has 0 bridgehead atoms. The maximum absolute atomic E-state index is 12.8. The Balaban J connectivity index is 2.34. The largest absolute Gasteiger partial charge is 0.409 e. The van der Waals surface area contributed by atoms with Crippen LogP contribution in [0.4, 0.5) is 14.5 Å². The molecule has 0 fully saturated rings. The van der Waals surface area contributed by atoms with Gasteiger partial charge in [0.2, 0.25) is 0 Å². The molecule has 7 heteroatoms. The number of halogens is 2. The van der Waals surface area contributed by atoms with Gasteiger partial charge in [-0.15, -0.1) is 0 Å². The molecule has 1 atom stereocenters. The van der Waals surface area contributed by atoms with Crippen molar-refractivity contribution in [2.24, 2.45) is 10.9 Å². The number of hydrogen-bond acceptors (Lipinski definition) is 4. The highest BCUT2D eigenvalue weighted by Crippen LogP contribution is 2.12. The standard InChI is InChI=1S/C11H15F2N3O2/c1-7(11(14)16-17)18-3-2-15-10-5-8(12)4-9(13)6-10/h4-7,15,17H,2-3H2,1H3,(H2,14,16). The third-order valence-corrected chi connectivity index (χ3v) is 2.19. The van der Waals surface area contributed by atoms with Gasteiger partial charge in [0.15, 0.2) is 5.84 Å². The second-order valence-electron chi connectivity index (χ2n) is 3.62. The van der Waals surface area contributed by atoms with Crippen LogP contribution in [-0.4, -0.2) is 30.3 Å². The number of nitrogens with two attached hydrogens (primary N) is 1. The molecule has 1 aromatic rings. The normalized spacial score (nSPS) is 13.4. The summed E-state index contributed by atoms with van der Waals surface area (Å²) in [5.74, 6) is -1.33. The first-order valence-corrected chi connectivity index (χ1v) is 5.32.